The number of aliphatic hydroxyl groups excluding tert-OH is 1. The maximum absolute atomic E-state index is 12.3. The average Bonchev–Trinajstić information content (AvgIpc) is 3.05. The fraction of sp³-hybridized carbons (Fsp3) is 0.579. The highest BCUT2D eigenvalue weighted by molar-refractivity contribution is 14.0. The standard InChI is InChI=1S/C19H30N4O2.HI/c1-4-14(3)22-18(25)16-8-6-7-15(11-16)12-21-19(20-5-2)23-10-9-17(24)13-23;/h6-8,11,14,17,24H,4-5,9-10,12-13H2,1-3H3,(H,20,21)(H,22,25);1H/t14?,17-;/m1./s1. The number of benzene rings is 1. The summed E-state index contributed by atoms with van der Waals surface area (Å²) in [6.07, 6.45) is 1.40. The summed E-state index contributed by atoms with van der Waals surface area (Å²) in [4.78, 5) is 19.0. The number of nitrogens with zero attached hydrogens (tertiary/aromatic N) is 2. The van der Waals surface area contributed by atoms with Gasteiger partial charge in [0.05, 0.1) is 12.6 Å². The Hall–Kier alpha value is -1.35. The van der Waals surface area contributed by atoms with E-state index in [-0.39, 0.29) is 42.0 Å². The summed E-state index contributed by atoms with van der Waals surface area (Å²) >= 11 is 0. The molecule has 1 aromatic rings. The number of β-amino-alcohol motifs (C(OH)–C–C–N with tert-alkyl or cyclic N) is 1. The first-order valence-electron chi connectivity index (χ1n) is 9.14. The van der Waals surface area contributed by atoms with Gasteiger partial charge in [0.2, 0.25) is 0 Å². The molecule has 0 aromatic heterocycles. The number of aliphatic hydroxyl groups is 1. The molecule has 6 nitrogen and oxygen atoms in total. The minimum atomic E-state index is -0.281. The monoisotopic (exact) mass is 474 g/mol. The average molecular weight is 474 g/mol. The third-order valence-electron chi connectivity index (χ3n) is 4.39. The van der Waals surface area contributed by atoms with Crippen molar-refractivity contribution in [1.82, 2.24) is 15.5 Å². The van der Waals surface area contributed by atoms with Crippen molar-refractivity contribution in [2.24, 2.45) is 4.99 Å². The maximum atomic E-state index is 12.3. The van der Waals surface area contributed by atoms with Gasteiger partial charge < -0.3 is 20.6 Å². The van der Waals surface area contributed by atoms with Crippen molar-refractivity contribution in [3.05, 3.63) is 35.4 Å². The molecule has 7 heteroatoms. The van der Waals surface area contributed by atoms with E-state index in [2.05, 4.69) is 20.5 Å². The van der Waals surface area contributed by atoms with Crippen molar-refractivity contribution in [3.63, 3.8) is 0 Å². The molecule has 146 valence electrons. The number of hydrogen-bond donors (Lipinski definition) is 3. The molecule has 1 aliphatic rings. The molecule has 2 rings (SSSR count). The second-order valence-corrected chi connectivity index (χ2v) is 6.54. The van der Waals surface area contributed by atoms with Crippen LogP contribution in [0.4, 0.5) is 0 Å². The molecule has 3 N–H and O–H groups in total. The molecule has 0 radical (unpaired) electrons. The van der Waals surface area contributed by atoms with E-state index in [9.17, 15) is 9.90 Å². The summed E-state index contributed by atoms with van der Waals surface area (Å²) in [6, 6.07) is 7.75. The minimum absolute atomic E-state index is 0. The van der Waals surface area contributed by atoms with Crippen LogP contribution < -0.4 is 10.6 Å². The lowest BCUT2D eigenvalue weighted by Crippen LogP contribution is -2.40. The number of halogens is 1. The molecule has 1 unspecified atom stereocenters. The number of rotatable bonds is 6. The molecular formula is C19H31IN4O2. The van der Waals surface area contributed by atoms with E-state index < -0.39 is 0 Å². The molecule has 2 atom stereocenters. The second-order valence-electron chi connectivity index (χ2n) is 6.54. The van der Waals surface area contributed by atoms with Crippen LogP contribution in [0.1, 0.15) is 49.5 Å². The lowest BCUT2D eigenvalue weighted by Gasteiger charge is -2.21. The van der Waals surface area contributed by atoms with Crippen LogP contribution in [0, 0.1) is 0 Å². The number of aliphatic imine (C=N–C) groups is 1. The first kappa shape index (κ1) is 22.7. The fourth-order valence-corrected chi connectivity index (χ4v) is 2.75. The SMILES string of the molecule is CCNC(=NCc1cccc(C(=O)NC(C)CC)c1)N1CC[C@@H](O)C1.I. The molecule has 1 heterocycles. The summed E-state index contributed by atoms with van der Waals surface area (Å²) < 4.78 is 0. The van der Waals surface area contributed by atoms with E-state index in [4.69, 9.17) is 0 Å². The number of carbonyl (C=O) groups is 1. The second kappa shape index (κ2) is 11.4. The zero-order valence-electron chi connectivity index (χ0n) is 15.9. The lowest BCUT2D eigenvalue weighted by atomic mass is 10.1. The van der Waals surface area contributed by atoms with Crippen LogP contribution in [-0.2, 0) is 6.54 Å². The number of carbonyl (C=O) groups excluding carboxylic acids is 1. The number of nitrogens with one attached hydrogen (secondary N) is 2. The number of amides is 1. The highest BCUT2D eigenvalue weighted by atomic mass is 127. The molecule has 1 saturated heterocycles. The van der Waals surface area contributed by atoms with Crippen molar-refractivity contribution in [2.45, 2.75) is 52.3 Å². The van der Waals surface area contributed by atoms with Crippen molar-refractivity contribution in [3.8, 4) is 0 Å². The van der Waals surface area contributed by atoms with Gasteiger partial charge >= 0.3 is 0 Å². The molecule has 0 spiro atoms. The first-order chi connectivity index (χ1) is 12.0. The third-order valence-corrected chi connectivity index (χ3v) is 4.39. The van der Waals surface area contributed by atoms with E-state index in [1.54, 1.807) is 0 Å². The molecule has 1 fully saturated rings. The van der Waals surface area contributed by atoms with Crippen LogP contribution in [0.15, 0.2) is 29.3 Å². The van der Waals surface area contributed by atoms with Crippen molar-refractivity contribution < 1.29 is 9.90 Å². The maximum Gasteiger partial charge on any atom is 0.251 e. The molecule has 0 aliphatic carbocycles. The van der Waals surface area contributed by atoms with Crippen molar-refractivity contribution in [2.75, 3.05) is 19.6 Å². The van der Waals surface area contributed by atoms with E-state index in [1.807, 2.05) is 45.0 Å². The van der Waals surface area contributed by atoms with Gasteiger partial charge in [-0.15, -0.1) is 24.0 Å². The van der Waals surface area contributed by atoms with Gasteiger partial charge in [-0.05, 0) is 44.4 Å². The fourth-order valence-electron chi connectivity index (χ4n) is 2.75. The van der Waals surface area contributed by atoms with Gasteiger partial charge in [0.15, 0.2) is 5.96 Å². The lowest BCUT2D eigenvalue weighted by molar-refractivity contribution is 0.0939. The Morgan fingerprint density at radius 1 is 1.42 bits per heavy atom. The predicted octanol–water partition coefficient (Wildman–Crippen LogP) is 2.37. The van der Waals surface area contributed by atoms with Crippen molar-refractivity contribution in [1.29, 1.82) is 0 Å². The molecule has 0 bridgehead atoms. The number of hydrogen-bond acceptors (Lipinski definition) is 3. The Bertz CT molecular complexity index is 609. The molecule has 1 aliphatic heterocycles. The van der Waals surface area contributed by atoms with Gasteiger partial charge in [-0.3, -0.25) is 4.79 Å². The predicted molar refractivity (Wildman–Crippen MR) is 116 cm³/mol. The van der Waals surface area contributed by atoms with Crippen LogP contribution in [-0.4, -0.2) is 53.7 Å². The van der Waals surface area contributed by atoms with Gasteiger partial charge in [-0.1, -0.05) is 19.1 Å². The van der Waals surface area contributed by atoms with Gasteiger partial charge in [0, 0.05) is 31.2 Å². The van der Waals surface area contributed by atoms with Crippen LogP contribution >= 0.6 is 24.0 Å². The zero-order chi connectivity index (χ0) is 18.2. The summed E-state index contributed by atoms with van der Waals surface area (Å²) in [5.74, 6) is 0.767. The topological polar surface area (TPSA) is 77.0 Å². The van der Waals surface area contributed by atoms with E-state index in [0.717, 1.165) is 37.5 Å². The summed E-state index contributed by atoms with van der Waals surface area (Å²) in [6.45, 7) is 8.78. The van der Waals surface area contributed by atoms with E-state index in [1.165, 1.54) is 0 Å². The van der Waals surface area contributed by atoms with Gasteiger partial charge in [0.25, 0.3) is 5.91 Å². The summed E-state index contributed by atoms with van der Waals surface area (Å²) in [7, 11) is 0. The molecule has 26 heavy (non-hydrogen) atoms. The quantitative estimate of drug-likeness (QED) is 0.336. The van der Waals surface area contributed by atoms with Crippen LogP contribution in [0.2, 0.25) is 0 Å². The third kappa shape index (κ3) is 6.75. The van der Waals surface area contributed by atoms with E-state index >= 15 is 0 Å². The van der Waals surface area contributed by atoms with E-state index in [0.29, 0.717) is 18.7 Å². The minimum Gasteiger partial charge on any atom is -0.391 e. The zero-order valence-corrected chi connectivity index (χ0v) is 18.2. The number of likely N-dealkylation sites (tertiary alicyclic amines) is 1. The van der Waals surface area contributed by atoms with Crippen LogP contribution in [0.25, 0.3) is 0 Å². The first-order valence-corrected chi connectivity index (χ1v) is 9.14. The van der Waals surface area contributed by atoms with Gasteiger partial charge in [-0.25, -0.2) is 4.99 Å². The van der Waals surface area contributed by atoms with Crippen molar-refractivity contribution >= 4 is 35.8 Å². The van der Waals surface area contributed by atoms with Gasteiger partial charge in [0.1, 0.15) is 0 Å². The molecular weight excluding hydrogens is 443 g/mol. The highest BCUT2D eigenvalue weighted by Gasteiger charge is 2.22. The highest BCUT2D eigenvalue weighted by Crippen LogP contribution is 2.11. The molecule has 1 aromatic carbocycles. The molecule has 1 amide bonds. The van der Waals surface area contributed by atoms with Crippen LogP contribution in [0.5, 0.6) is 0 Å². The normalized spacial score (nSPS) is 18.2. The Balaban J connectivity index is 0.00000338. The smallest absolute Gasteiger partial charge is 0.251 e. The Labute approximate surface area is 173 Å². The van der Waals surface area contributed by atoms with Crippen LogP contribution in [0.3, 0.4) is 0 Å². The summed E-state index contributed by atoms with van der Waals surface area (Å²) in [5, 5.41) is 16.0. The molecule has 0 saturated carbocycles. The Kier molecular flexibility index (Phi) is 9.93. The Morgan fingerprint density at radius 3 is 2.81 bits per heavy atom. The largest absolute Gasteiger partial charge is 0.391 e. The number of guanidine groups is 1. The Morgan fingerprint density at radius 2 is 2.19 bits per heavy atom. The summed E-state index contributed by atoms with van der Waals surface area (Å²) in [5.41, 5.74) is 1.65. The van der Waals surface area contributed by atoms with Gasteiger partial charge in [-0.2, -0.15) is 0 Å².